The van der Waals surface area contributed by atoms with E-state index in [1.165, 1.54) is 0 Å². The number of hydrogen-bond acceptors (Lipinski definition) is 2. The van der Waals surface area contributed by atoms with Gasteiger partial charge >= 0.3 is 6.03 Å². The first-order valence-electron chi connectivity index (χ1n) is 5.42. The van der Waals surface area contributed by atoms with E-state index in [1.807, 2.05) is 19.9 Å². The molecule has 5 nitrogen and oxygen atoms in total. The average molecular weight is 235 g/mol. The van der Waals surface area contributed by atoms with Crippen molar-refractivity contribution in [3.05, 3.63) is 35.4 Å². The van der Waals surface area contributed by atoms with Crippen molar-refractivity contribution in [2.75, 3.05) is 0 Å². The van der Waals surface area contributed by atoms with Crippen LogP contribution in [0.15, 0.2) is 24.3 Å². The van der Waals surface area contributed by atoms with E-state index < -0.39 is 5.91 Å². The smallest absolute Gasteiger partial charge is 0.315 e. The topological polar surface area (TPSA) is 84.2 Å². The van der Waals surface area contributed by atoms with E-state index in [0.717, 1.165) is 5.56 Å². The van der Waals surface area contributed by atoms with Gasteiger partial charge in [-0.1, -0.05) is 12.1 Å². The van der Waals surface area contributed by atoms with Crippen LogP contribution in [0.4, 0.5) is 4.79 Å². The van der Waals surface area contributed by atoms with Gasteiger partial charge in [0.25, 0.3) is 0 Å². The lowest BCUT2D eigenvalue weighted by atomic mass is 10.1. The summed E-state index contributed by atoms with van der Waals surface area (Å²) in [5.74, 6) is -0.474. The third-order valence-corrected chi connectivity index (χ3v) is 2.08. The number of hydrogen-bond donors (Lipinski definition) is 3. The average Bonchev–Trinajstić information content (AvgIpc) is 2.26. The summed E-state index contributed by atoms with van der Waals surface area (Å²) in [6, 6.07) is 6.72. The van der Waals surface area contributed by atoms with Gasteiger partial charge in [0, 0.05) is 18.2 Å². The van der Waals surface area contributed by atoms with Crippen LogP contribution in [0.2, 0.25) is 0 Å². The molecule has 0 saturated carbocycles. The summed E-state index contributed by atoms with van der Waals surface area (Å²) >= 11 is 0. The lowest BCUT2D eigenvalue weighted by molar-refractivity contribution is 0.1000. The number of primary amides is 1. The highest BCUT2D eigenvalue weighted by molar-refractivity contribution is 5.92. The zero-order valence-corrected chi connectivity index (χ0v) is 9.99. The van der Waals surface area contributed by atoms with Crippen LogP contribution in [0.3, 0.4) is 0 Å². The van der Waals surface area contributed by atoms with Crippen LogP contribution in [0.25, 0.3) is 0 Å². The molecule has 1 aromatic carbocycles. The standard InChI is InChI=1S/C12H17N3O2/c1-8(2)15-12(17)14-7-9-4-3-5-10(6-9)11(13)16/h3-6,8H,7H2,1-2H3,(H2,13,16)(H2,14,15,17). The first-order chi connectivity index (χ1) is 7.99. The van der Waals surface area contributed by atoms with Crippen molar-refractivity contribution >= 4 is 11.9 Å². The quantitative estimate of drug-likeness (QED) is 0.727. The van der Waals surface area contributed by atoms with Gasteiger partial charge in [-0.15, -0.1) is 0 Å². The molecule has 0 unspecified atom stereocenters. The number of rotatable bonds is 4. The second-order valence-electron chi connectivity index (χ2n) is 4.05. The van der Waals surface area contributed by atoms with Gasteiger partial charge in [-0.3, -0.25) is 4.79 Å². The zero-order valence-electron chi connectivity index (χ0n) is 9.99. The largest absolute Gasteiger partial charge is 0.366 e. The number of benzene rings is 1. The Bertz CT molecular complexity index is 416. The lowest BCUT2D eigenvalue weighted by Crippen LogP contribution is -2.39. The number of carbonyl (C=O) groups is 2. The molecule has 0 atom stereocenters. The van der Waals surface area contributed by atoms with E-state index in [2.05, 4.69) is 10.6 Å². The Morgan fingerprint density at radius 1 is 1.35 bits per heavy atom. The summed E-state index contributed by atoms with van der Waals surface area (Å²) in [7, 11) is 0. The highest BCUT2D eigenvalue weighted by Gasteiger charge is 2.04. The highest BCUT2D eigenvalue weighted by atomic mass is 16.2. The minimum Gasteiger partial charge on any atom is -0.366 e. The van der Waals surface area contributed by atoms with E-state index in [-0.39, 0.29) is 12.1 Å². The third kappa shape index (κ3) is 4.55. The number of urea groups is 1. The maximum Gasteiger partial charge on any atom is 0.315 e. The molecule has 92 valence electrons. The molecule has 0 heterocycles. The highest BCUT2D eigenvalue weighted by Crippen LogP contribution is 2.04. The van der Waals surface area contributed by atoms with Gasteiger partial charge in [-0.25, -0.2) is 4.79 Å². The van der Waals surface area contributed by atoms with E-state index in [0.29, 0.717) is 12.1 Å². The van der Waals surface area contributed by atoms with Crippen LogP contribution in [-0.4, -0.2) is 18.0 Å². The molecular formula is C12H17N3O2. The fourth-order valence-corrected chi connectivity index (χ4v) is 1.33. The van der Waals surface area contributed by atoms with Crippen LogP contribution >= 0.6 is 0 Å². The van der Waals surface area contributed by atoms with Gasteiger partial charge in [-0.05, 0) is 31.5 Å². The van der Waals surface area contributed by atoms with Gasteiger partial charge in [0.05, 0.1) is 0 Å². The van der Waals surface area contributed by atoms with Crippen LogP contribution < -0.4 is 16.4 Å². The van der Waals surface area contributed by atoms with Gasteiger partial charge in [0.2, 0.25) is 5.91 Å². The maximum absolute atomic E-state index is 11.3. The van der Waals surface area contributed by atoms with E-state index in [9.17, 15) is 9.59 Å². The van der Waals surface area contributed by atoms with Crippen molar-refractivity contribution < 1.29 is 9.59 Å². The van der Waals surface area contributed by atoms with E-state index in [4.69, 9.17) is 5.73 Å². The molecule has 0 aliphatic carbocycles. The second kappa shape index (κ2) is 5.89. The van der Waals surface area contributed by atoms with Crippen molar-refractivity contribution in [2.24, 2.45) is 5.73 Å². The summed E-state index contributed by atoms with van der Waals surface area (Å²) < 4.78 is 0. The molecule has 0 aliphatic rings. The van der Waals surface area contributed by atoms with Crippen LogP contribution in [0, 0.1) is 0 Å². The molecular weight excluding hydrogens is 218 g/mol. The van der Waals surface area contributed by atoms with Crippen molar-refractivity contribution in [1.29, 1.82) is 0 Å². The Balaban J connectivity index is 2.54. The van der Waals surface area contributed by atoms with Crippen molar-refractivity contribution in [1.82, 2.24) is 10.6 Å². The third-order valence-electron chi connectivity index (χ3n) is 2.08. The monoisotopic (exact) mass is 235 g/mol. The molecule has 0 aliphatic heterocycles. The first kappa shape index (κ1) is 13.0. The van der Waals surface area contributed by atoms with Gasteiger partial charge in [0.1, 0.15) is 0 Å². The number of amides is 3. The van der Waals surface area contributed by atoms with Crippen LogP contribution in [-0.2, 0) is 6.54 Å². The molecule has 1 aromatic rings. The molecule has 1 rings (SSSR count). The van der Waals surface area contributed by atoms with Crippen LogP contribution in [0.1, 0.15) is 29.8 Å². The summed E-state index contributed by atoms with van der Waals surface area (Å²) in [6.07, 6.45) is 0. The molecule has 0 saturated heterocycles. The molecule has 0 spiro atoms. The van der Waals surface area contributed by atoms with E-state index in [1.54, 1.807) is 18.2 Å². The zero-order chi connectivity index (χ0) is 12.8. The maximum atomic E-state index is 11.3. The fraction of sp³-hybridized carbons (Fsp3) is 0.333. The Morgan fingerprint density at radius 2 is 2.06 bits per heavy atom. The number of carbonyl (C=O) groups excluding carboxylic acids is 2. The molecule has 0 radical (unpaired) electrons. The minimum atomic E-state index is -0.474. The van der Waals surface area contributed by atoms with Crippen molar-refractivity contribution in [3.8, 4) is 0 Å². The molecule has 0 aromatic heterocycles. The van der Waals surface area contributed by atoms with Gasteiger partial charge in [0.15, 0.2) is 0 Å². The van der Waals surface area contributed by atoms with Crippen LogP contribution in [0.5, 0.6) is 0 Å². The van der Waals surface area contributed by atoms with Gasteiger partial charge in [-0.2, -0.15) is 0 Å². The minimum absolute atomic E-state index is 0.0898. The lowest BCUT2D eigenvalue weighted by Gasteiger charge is -2.10. The Kier molecular flexibility index (Phi) is 4.51. The summed E-state index contributed by atoms with van der Waals surface area (Å²) in [5.41, 5.74) is 6.44. The molecule has 5 heteroatoms. The van der Waals surface area contributed by atoms with Crippen molar-refractivity contribution in [3.63, 3.8) is 0 Å². The Hall–Kier alpha value is -2.04. The van der Waals surface area contributed by atoms with E-state index >= 15 is 0 Å². The summed E-state index contributed by atoms with van der Waals surface area (Å²) in [5, 5.41) is 5.40. The van der Waals surface area contributed by atoms with Gasteiger partial charge < -0.3 is 16.4 Å². The predicted molar refractivity (Wildman–Crippen MR) is 65.5 cm³/mol. The predicted octanol–water partition coefficient (Wildman–Crippen LogP) is 0.993. The SMILES string of the molecule is CC(C)NC(=O)NCc1cccc(C(N)=O)c1. The summed E-state index contributed by atoms with van der Waals surface area (Å²) in [4.78, 5) is 22.3. The normalized spacial score (nSPS) is 10.1. The molecule has 0 fully saturated rings. The Morgan fingerprint density at radius 3 is 2.65 bits per heavy atom. The Labute approximate surface area is 100 Å². The molecule has 17 heavy (non-hydrogen) atoms. The first-order valence-corrected chi connectivity index (χ1v) is 5.42. The fourth-order valence-electron chi connectivity index (χ4n) is 1.33. The molecule has 4 N–H and O–H groups in total. The molecule has 3 amide bonds. The number of nitrogens with two attached hydrogens (primary N) is 1. The summed E-state index contributed by atoms with van der Waals surface area (Å²) in [6.45, 7) is 4.13. The number of nitrogens with one attached hydrogen (secondary N) is 2. The second-order valence-corrected chi connectivity index (χ2v) is 4.05. The molecule has 0 bridgehead atoms. The van der Waals surface area contributed by atoms with Crippen molar-refractivity contribution in [2.45, 2.75) is 26.4 Å².